The second-order valence-electron chi connectivity index (χ2n) is 5.08. The Labute approximate surface area is 107 Å². The molecular weight excluding hydrogens is 234 g/mol. The zero-order valence-corrected chi connectivity index (χ0v) is 10.9. The molecule has 0 bridgehead atoms. The van der Waals surface area contributed by atoms with Gasteiger partial charge in [-0.25, -0.2) is 4.98 Å². The summed E-state index contributed by atoms with van der Waals surface area (Å²) in [7, 11) is 0. The lowest BCUT2D eigenvalue weighted by atomic mass is 10.1. The van der Waals surface area contributed by atoms with Crippen molar-refractivity contribution in [3.8, 4) is 0 Å². The van der Waals surface area contributed by atoms with Crippen molar-refractivity contribution in [2.75, 3.05) is 18.4 Å². The topological polar surface area (TPSA) is 28.2 Å². The predicted octanol–water partition coefficient (Wildman–Crippen LogP) is 2.69. The van der Waals surface area contributed by atoms with E-state index in [-0.39, 0.29) is 0 Å². The van der Waals surface area contributed by atoms with E-state index in [4.69, 9.17) is 11.6 Å². The van der Waals surface area contributed by atoms with Crippen molar-refractivity contribution in [3.05, 3.63) is 23.0 Å². The molecule has 0 saturated carbocycles. The lowest BCUT2D eigenvalue weighted by Gasteiger charge is -2.23. The summed E-state index contributed by atoms with van der Waals surface area (Å²) >= 11 is 6.16. The maximum absolute atomic E-state index is 6.16. The summed E-state index contributed by atoms with van der Waals surface area (Å²) in [6, 6.07) is 3.25. The highest BCUT2D eigenvalue weighted by molar-refractivity contribution is 6.32. The first-order chi connectivity index (χ1) is 8.25. The van der Waals surface area contributed by atoms with E-state index in [0.717, 1.165) is 5.69 Å². The highest BCUT2D eigenvalue weighted by Crippen LogP contribution is 2.32. The minimum Gasteiger partial charge on any atom is -0.378 e. The van der Waals surface area contributed by atoms with E-state index in [2.05, 4.69) is 22.1 Å². The van der Waals surface area contributed by atoms with Gasteiger partial charge >= 0.3 is 0 Å². The molecule has 0 amide bonds. The maximum atomic E-state index is 6.16. The van der Waals surface area contributed by atoms with Crippen molar-refractivity contribution in [2.24, 2.45) is 0 Å². The number of fused-ring (bicyclic) bond motifs is 1. The Morgan fingerprint density at radius 3 is 3.12 bits per heavy atom. The summed E-state index contributed by atoms with van der Waals surface area (Å²) in [5.41, 5.74) is 2.20. The van der Waals surface area contributed by atoms with Crippen molar-refractivity contribution in [1.29, 1.82) is 0 Å². The quantitative estimate of drug-likeness (QED) is 0.820. The van der Waals surface area contributed by atoms with E-state index in [1.807, 2.05) is 6.07 Å². The van der Waals surface area contributed by atoms with Gasteiger partial charge in [0.25, 0.3) is 0 Å². The number of aryl methyl sites for hydroxylation is 1. The van der Waals surface area contributed by atoms with Crippen LogP contribution in [-0.4, -0.2) is 35.1 Å². The summed E-state index contributed by atoms with van der Waals surface area (Å²) in [4.78, 5) is 6.75. The minimum atomic E-state index is 0.540. The van der Waals surface area contributed by atoms with Gasteiger partial charge in [0.15, 0.2) is 5.15 Å². The number of nitrogens with one attached hydrogen (secondary N) is 1. The van der Waals surface area contributed by atoms with Crippen LogP contribution in [-0.2, 0) is 0 Å². The van der Waals surface area contributed by atoms with Crippen LogP contribution in [0.25, 0.3) is 0 Å². The molecule has 2 unspecified atom stereocenters. The molecule has 1 aromatic heterocycles. The van der Waals surface area contributed by atoms with E-state index in [1.165, 1.54) is 37.9 Å². The number of hydrogen-bond acceptors (Lipinski definition) is 3. The molecular formula is C13H18ClN3. The Morgan fingerprint density at radius 1 is 1.41 bits per heavy atom. The molecule has 92 valence electrons. The fourth-order valence-electron chi connectivity index (χ4n) is 3.13. The predicted molar refractivity (Wildman–Crippen MR) is 70.6 cm³/mol. The van der Waals surface area contributed by atoms with Crippen molar-refractivity contribution in [1.82, 2.24) is 9.88 Å². The van der Waals surface area contributed by atoms with E-state index in [1.54, 1.807) is 6.20 Å². The third kappa shape index (κ3) is 2.02. The molecule has 2 aliphatic heterocycles. The van der Waals surface area contributed by atoms with Gasteiger partial charge in [-0.3, -0.25) is 4.90 Å². The second kappa shape index (κ2) is 4.46. The highest BCUT2D eigenvalue weighted by Gasteiger charge is 2.37. The zero-order chi connectivity index (χ0) is 11.8. The van der Waals surface area contributed by atoms with Crippen LogP contribution >= 0.6 is 11.6 Å². The lowest BCUT2D eigenvalue weighted by Crippen LogP contribution is -2.34. The summed E-state index contributed by atoms with van der Waals surface area (Å²) in [5, 5.41) is 4.21. The number of nitrogens with zero attached hydrogens (tertiary/aromatic N) is 2. The fraction of sp³-hybridized carbons (Fsp3) is 0.615. The van der Waals surface area contributed by atoms with E-state index in [9.17, 15) is 0 Å². The van der Waals surface area contributed by atoms with E-state index in [0.29, 0.717) is 17.2 Å². The molecule has 1 N–H and O–H groups in total. The number of hydrogen-bond donors (Lipinski definition) is 1. The van der Waals surface area contributed by atoms with Crippen LogP contribution in [0.1, 0.15) is 24.8 Å². The summed E-state index contributed by atoms with van der Waals surface area (Å²) in [6.07, 6.45) is 5.63. The van der Waals surface area contributed by atoms with Crippen LogP contribution in [0.4, 0.5) is 5.69 Å². The van der Waals surface area contributed by atoms with E-state index >= 15 is 0 Å². The highest BCUT2D eigenvalue weighted by atomic mass is 35.5. The molecule has 0 spiro atoms. The maximum Gasteiger partial charge on any atom is 0.152 e. The molecule has 3 heterocycles. The van der Waals surface area contributed by atoms with Gasteiger partial charge in [-0.1, -0.05) is 11.6 Å². The molecule has 0 aromatic carbocycles. The summed E-state index contributed by atoms with van der Waals surface area (Å²) in [5.74, 6) is 0. The van der Waals surface area contributed by atoms with Gasteiger partial charge < -0.3 is 5.32 Å². The molecule has 0 radical (unpaired) electrons. The van der Waals surface area contributed by atoms with Crippen LogP contribution in [0.15, 0.2) is 12.3 Å². The number of aromatic nitrogens is 1. The van der Waals surface area contributed by atoms with Gasteiger partial charge in [-0.15, -0.1) is 0 Å². The first-order valence-electron chi connectivity index (χ1n) is 6.37. The molecule has 3 nitrogen and oxygen atoms in total. The molecule has 1 aromatic rings. The van der Waals surface area contributed by atoms with Gasteiger partial charge in [-0.2, -0.15) is 0 Å². The fourth-order valence-corrected chi connectivity index (χ4v) is 3.39. The largest absolute Gasteiger partial charge is 0.378 e. The average molecular weight is 252 g/mol. The third-order valence-corrected chi connectivity index (χ3v) is 4.34. The van der Waals surface area contributed by atoms with Crippen LogP contribution in [0.3, 0.4) is 0 Å². The Balaban J connectivity index is 1.79. The van der Waals surface area contributed by atoms with Gasteiger partial charge in [0.05, 0.1) is 5.69 Å². The monoisotopic (exact) mass is 251 g/mol. The van der Waals surface area contributed by atoms with Crippen LogP contribution in [0.2, 0.25) is 5.15 Å². The first-order valence-corrected chi connectivity index (χ1v) is 6.75. The molecule has 2 atom stereocenters. The lowest BCUT2D eigenvalue weighted by molar-refractivity contribution is 0.318. The van der Waals surface area contributed by atoms with Gasteiger partial charge in [0.1, 0.15) is 0 Å². The van der Waals surface area contributed by atoms with Gasteiger partial charge in [-0.05, 0) is 44.4 Å². The Morgan fingerprint density at radius 2 is 2.29 bits per heavy atom. The summed E-state index contributed by atoms with van der Waals surface area (Å²) < 4.78 is 0. The Hall–Kier alpha value is -0.800. The summed E-state index contributed by atoms with van der Waals surface area (Å²) in [6.45, 7) is 4.57. The average Bonchev–Trinajstić information content (AvgIpc) is 2.87. The molecule has 4 heteroatoms. The van der Waals surface area contributed by atoms with Crippen LogP contribution in [0.5, 0.6) is 0 Å². The minimum absolute atomic E-state index is 0.540. The second-order valence-corrected chi connectivity index (χ2v) is 5.44. The number of anilines is 1. The SMILES string of the molecule is Cc1ccnc(Cl)c1NC1CCN2CCCC12. The number of rotatable bonds is 2. The van der Waals surface area contributed by atoms with Crippen molar-refractivity contribution < 1.29 is 0 Å². The van der Waals surface area contributed by atoms with Crippen molar-refractivity contribution in [2.45, 2.75) is 38.3 Å². The molecule has 0 aliphatic carbocycles. The van der Waals surface area contributed by atoms with Gasteiger partial charge in [0, 0.05) is 24.8 Å². The van der Waals surface area contributed by atoms with Gasteiger partial charge in [0.2, 0.25) is 0 Å². The molecule has 2 aliphatic rings. The zero-order valence-electron chi connectivity index (χ0n) is 10.1. The van der Waals surface area contributed by atoms with Crippen molar-refractivity contribution >= 4 is 17.3 Å². The van der Waals surface area contributed by atoms with E-state index < -0.39 is 0 Å². The van der Waals surface area contributed by atoms with Crippen LogP contribution < -0.4 is 5.32 Å². The Kier molecular flexibility index (Phi) is 2.97. The molecule has 2 saturated heterocycles. The third-order valence-electron chi connectivity index (χ3n) is 4.05. The standard InChI is InChI=1S/C13H18ClN3/c1-9-4-6-15-13(14)12(9)16-10-5-8-17-7-2-3-11(10)17/h4,6,10-11,16H,2-3,5,7-8H2,1H3. The number of halogens is 1. The normalized spacial score (nSPS) is 28.4. The number of pyridine rings is 1. The molecule has 3 rings (SSSR count). The van der Waals surface area contributed by atoms with Crippen LogP contribution in [0, 0.1) is 6.92 Å². The molecule has 2 fully saturated rings. The smallest absolute Gasteiger partial charge is 0.152 e. The van der Waals surface area contributed by atoms with Crippen molar-refractivity contribution in [3.63, 3.8) is 0 Å². The first kappa shape index (κ1) is 11.3. The Bertz CT molecular complexity index is 401. The molecule has 17 heavy (non-hydrogen) atoms.